The fourth-order valence-electron chi connectivity index (χ4n) is 3.90. The van der Waals surface area contributed by atoms with Crippen molar-refractivity contribution in [3.63, 3.8) is 0 Å². The molecule has 0 aliphatic heterocycles. The first kappa shape index (κ1) is 19.9. The van der Waals surface area contributed by atoms with Crippen LogP contribution >= 0.6 is 0 Å². The highest BCUT2D eigenvalue weighted by atomic mass is 16.5. The van der Waals surface area contributed by atoms with Gasteiger partial charge in [0.25, 0.3) is 0 Å². The van der Waals surface area contributed by atoms with Crippen LogP contribution < -0.4 is 9.47 Å². The Hall–Kier alpha value is -4.72. The minimum absolute atomic E-state index is 0.400. The maximum atomic E-state index is 5.97. The zero-order valence-corrected chi connectivity index (χ0v) is 18.4. The van der Waals surface area contributed by atoms with Crippen molar-refractivity contribution < 1.29 is 9.47 Å². The number of hydrogen-bond acceptors (Lipinski definition) is 6. The molecule has 34 heavy (non-hydrogen) atoms. The zero-order chi connectivity index (χ0) is 22.9. The first-order valence-corrected chi connectivity index (χ1v) is 10.8. The van der Waals surface area contributed by atoms with Crippen molar-refractivity contribution in [2.45, 2.75) is 6.61 Å². The predicted molar refractivity (Wildman–Crippen MR) is 128 cm³/mol. The smallest absolute Gasteiger partial charge is 0.182 e. The Bertz CT molecular complexity index is 1610. The third kappa shape index (κ3) is 3.51. The summed E-state index contributed by atoms with van der Waals surface area (Å²) in [6, 6.07) is 25.5. The molecule has 0 N–H and O–H groups in total. The van der Waals surface area contributed by atoms with Crippen LogP contribution in [-0.4, -0.2) is 36.5 Å². The Labute approximate surface area is 195 Å². The second-order valence-corrected chi connectivity index (χ2v) is 7.72. The fraction of sp³-hybridized carbons (Fsp3) is 0.0769. The molecule has 0 fully saturated rings. The van der Waals surface area contributed by atoms with Gasteiger partial charge in [0, 0.05) is 5.56 Å². The van der Waals surface area contributed by atoms with Crippen LogP contribution in [0.15, 0.2) is 91.4 Å². The van der Waals surface area contributed by atoms with E-state index >= 15 is 0 Å². The molecule has 0 spiro atoms. The van der Waals surface area contributed by atoms with Gasteiger partial charge in [0.05, 0.1) is 24.4 Å². The molecule has 6 aromatic rings. The number of ether oxygens (including phenoxy) is 2. The highest BCUT2D eigenvalue weighted by Crippen LogP contribution is 2.27. The van der Waals surface area contributed by atoms with Gasteiger partial charge in [0.15, 0.2) is 28.6 Å². The lowest BCUT2D eigenvalue weighted by atomic mass is 10.1. The van der Waals surface area contributed by atoms with E-state index in [0.717, 1.165) is 27.8 Å². The molecule has 0 atom stereocenters. The molecule has 8 nitrogen and oxygen atoms in total. The van der Waals surface area contributed by atoms with E-state index in [0.29, 0.717) is 29.6 Å². The molecule has 0 radical (unpaired) electrons. The number of rotatable bonds is 6. The Kier molecular flexibility index (Phi) is 4.88. The third-order valence-corrected chi connectivity index (χ3v) is 5.55. The van der Waals surface area contributed by atoms with Crippen LogP contribution in [0.3, 0.4) is 0 Å². The minimum atomic E-state index is 0.400. The van der Waals surface area contributed by atoms with E-state index in [1.165, 1.54) is 0 Å². The van der Waals surface area contributed by atoms with Gasteiger partial charge in [-0.05, 0) is 35.9 Å². The average Bonchev–Trinajstić information content (AvgIpc) is 3.53. The van der Waals surface area contributed by atoms with Crippen molar-refractivity contribution in [1.29, 1.82) is 0 Å². The van der Waals surface area contributed by atoms with E-state index in [-0.39, 0.29) is 0 Å². The first-order chi connectivity index (χ1) is 16.8. The Balaban J connectivity index is 1.32. The van der Waals surface area contributed by atoms with E-state index in [9.17, 15) is 0 Å². The summed E-state index contributed by atoms with van der Waals surface area (Å²) in [5, 5.41) is 10.0. The van der Waals surface area contributed by atoms with Crippen LogP contribution in [0.25, 0.3) is 33.8 Å². The summed E-state index contributed by atoms with van der Waals surface area (Å²) in [6.45, 7) is 0.400. The Morgan fingerprint density at radius 3 is 2.53 bits per heavy atom. The number of fused-ring (bicyclic) bond motifs is 3. The second-order valence-electron chi connectivity index (χ2n) is 7.72. The monoisotopic (exact) mass is 448 g/mol. The molecule has 0 aliphatic carbocycles. The minimum Gasteiger partial charge on any atom is -0.493 e. The van der Waals surface area contributed by atoms with Gasteiger partial charge in [-0.15, -0.1) is 5.10 Å². The molecule has 166 valence electrons. The maximum absolute atomic E-state index is 5.97. The molecule has 3 heterocycles. The van der Waals surface area contributed by atoms with Crippen LogP contribution in [0.4, 0.5) is 0 Å². The Morgan fingerprint density at radius 1 is 0.853 bits per heavy atom. The lowest BCUT2D eigenvalue weighted by molar-refractivity contribution is 0.284. The van der Waals surface area contributed by atoms with Crippen molar-refractivity contribution in [1.82, 2.24) is 29.4 Å². The number of methoxy groups -OCH3 is 1. The highest BCUT2D eigenvalue weighted by Gasteiger charge is 2.15. The number of benzene rings is 3. The SMILES string of the molecule is COc1ccccc1OCc1cccc(-c2nc3c4cnn(-c5ccccc5)c4ncn3n2)c1. The quantitative estimate of drug-likeness (QED) is 0.367. The van der Waals surface area contributed by atoms with Crippen molar-refractivity contribution >= 4 is 16.7 Å². The largest absolute Gasteiger partial charge is 0.493 e. The second kappa shape index (κ2) is 8.32. The maximum Gasteiger partial charge on any atom is 0.182 e. The van der Waals surface area contributed by atoms with Gasteiger partial charge >= 0.3 is 0 Å². The van der Waals surface area contributed by atoms with Gasteiger partial charge in [-0.3, -0.25) is 0 Å². The first-order valence-electron chi connectivity index (χ1n) is 10.8. The fourth-order valence-corrected chi connectivity index (χ4v) is 3.90. The number of para-hydroxylation sites is 3. The van der Waals surface area contributed by atoms with Gasteiger partial charge in [0.1, 0.15) is 12.9 Å². The van der Waals surface area contributed by atoms with E-state index in [2.05, 4.69) is 15.2 Å². The van der Waals surface area contributed by atoms with E-state index < -0.39 is 0 Å². The summed E-state index contributed by atoms with van der Waals surface area (Å²) in [5.74, 6) is 2.01. The van der Waals surface area contributed by atoms with E-state index in [4.69, 9.17) is 14.5 Å². The average molecular weight is 448 g/mol. The van der Waals surface area contributed by atoms with Crippen LogP contribution in [0.1, 0.15) is 5.56 Å². The summed E-state index contributed by atoms with van der Waals surface area (Å²) in [5.41, 5.74) is 4.28. The van der Waals surface area contributed by atoms with Gasteiger partial charge < -0.3 is 9.47 Å². The molecular formula is C26H20N6O2. The lowest BCUT2D eigenvalue weighted by Gasteiger charge is -2.10. The number of aromatic nitrogens is 6. The van der Waals surface area contributed by atoms with Crippen molar-refractivity contribution in [3.8, 4) is 28.6 Å². The lowest BCUT2D eigenvalue weighted by Crippen LogP contribution is -1.98. The van der Waals surface area contributed by atoms with E-state index in [1.54, 1.807) is 28.8 Å². The van der Waals surface area contributed by atoms with Gasteiger partial charge in [-0.1, -0.05) is 48.5 Å². The molecule has 0 saturated heterocycles. The normalized spacial score (nSPS) is 11.2. The molecule has 0 bridgehead atoms. The third-order valence-electron chi connectivity index (χ3n) is 5.55. The summed E-state index contributed by atoms with van der Waals surface area (Å²) in [7, 11) is 1.63. The molecule has 0 amide bonds. The van der Waals surface area contributed by atoms with Gasteiger partial charge in [-0.2, -0.15) is 5.10 Å². The molecule has 0 aliphatic rings. The summed E-state index contributed by atoms with van der Waals surface area (Å²) in [4.78, 5) is 9.38. The molecule has 3 aromatic carbocycles. The molecular weight excluding hydrogens is 428 g/mol. The topological polar surface area (TPSA) is 79.4 Å². The summed E-state index contributed by atoms with van der Waals surface area (Å²) >= 11 is 0. The highest BCUT2D eigenvalue weighted by molar-refractivity contribution is 5.90. The predicted octanol–water partition coefficient (Wildman–Crippen LogP) is 4.72. The van der Waals surface area contributed by atoms with Crippen molar-refractivity contribution in [3.05, 3.63) is 97.0 Å². The van der Waals surface area contributed by atoms with Crippen LogP contribution in [-0.2, 0) is 6.61 Å². The standard InChI is InChI=1S/C26H20N6O2/c1-33-22-12-5-6-13-23(22)34-16-18-8-7-9-19(14-18)24-29-26-21-15-28-32(20-10-3-2-4-11-20)25(21)27-17-31(26)30-24/h2-15,17H,16H2,1H3. The van der Waals surface area contributed by atoms with Crippen molar-refractivity contribution in [2.75, 3.05) is 7.11 Å². The number of nitrogens with zero attached hydrogens (tertiary/aromatic N) is 6. The number of hydrogen-bond donors (Lipinski definition) is 0. The zero-order valence-electron chi connectivity index (χ0n) is 18.4. The molecule has 0 saturated carbocycles. The molecule has 3 aromatic heterocycles. The van der Waals surface area contributed by atoms with Crippen LogP contribution in [0, 0.1) is 0 Å². The van der Waals surface area contributed by atoms with Crippen molar-refractivity contribution in [2.24, 2.45) is 0 Å². The Morgan fingerprint density at radius 2 is 1.68 bits per heavy atom. The van der Waals surface area contributed by atoms with Crippen LogP contribution in [0.2, 0.25) is 0 Å². The van der Waals surface area contributed by atoms with Gasteiger partial charge in [-0.25, -0.2) is 19.2 Å². The molecule has 0 unspecified atom stereocenters. The molecule has 6 rings (SSSR count). The summed E-state index contributed by atoms with van der Waals surface area (Å²) in [6.07, 6.45) is 3.45. The summed E-state index contributed by atoms with van der Waals surface area (Å²) < 4.78 is 14.8. The van der Waals surface area contributed by atoms with Gasteiger partial charge in [0.2, 0.25) is 0 Å². The van der Waals surface area contributed by atoms with E-state index in [1.807, 2.05) is 78.9 Å². The molecule has 8 heteroatoms. The van der Waals surface area contributed by atoms with Crippen LogP contribution in [0.5, 0.6) is 11.5 Å².